The molecule has 1 amide bonds. The third-order valence-corrected chi connectivity index (χ3v) is 3.43. The highest BCUT2D eigenvalue weighted by molar-refractivity contribution is 7.13. The summed E-state index contributed by atoms with van der Waals surface area (Å²) in [4.78, 5) is 17.8. The Morgan fingerprint density at radius 1 is 1.39 bits per heavy atom. The molecule has 0 radical (unpaired) electrons. The molecule has 2 rings (SSSR count). The molecule has 1 aromatic heterocycles. The maximum atomic E-state index is 12.2. The van der Waals surface area contributed by atoms with Gasteiger partial charge in [0.2, 0.25) is 0 Å². The summed E-state index contributed by atoms with van der Waals surface area (Å²) >= 11 is 1.27. The molecule has 0 atom stereocenters. The average Bonchev–Trinajstić information content (AvgIpc) is 2.74. The lowest BCUT2D eigenvalue weighted by Crippen LogP contribution is -2.27. The van der Waals surface area contributed by atoms with E-state index in [9.17, 15) is 4.79 Å². The van der Waals surface area contributed by atoms with Gasteiger partial charge in [-0.15, -0.1) is 11.3 Å². The molecule has 0 spiro atoms. The van der Waals surface area contributed by atoms with Crippen molar-refractivity contribution in [3.63, 3.8) is 0 Å². The molecule has 18 heavy (non-hydrogen) atoms. The van der Waals surface area contributed by atoms with Crippen LogP contribution in [0.2, 0.25) is 0 Å². The molecule has 94 valence electrons. The van der Waals surface area contributed by atoms with Crippen molar-refractivity contribution in [3.8, 4) is 0 Å². The molecule has 0 aliphatic heterocycles. The quantitative estimate of drug-likeness (QED) is 0.904. The van der Waals surface area contributed by atoms with E-state index < -0.39 is 0 Å². The largest absolute Gasteiger partial charge is 0.375 e. The molecular formula is C13H15N3OS. The van der Waals surface area contributed by atoms with E-state index in [1.54, 1.807) is 17.3 Å². The molecule has 4 nitrogen and oxygen atoms in total. The first kappa shape index (κ1) is 12.6. The average molecular weight is 261 g/mol. The van der Waals surface area contributed by atoms with Crippen LogP contribution in [-0.2, 0) is 0 Å². The van der Waals surface area contributed by atoms with Crippen LogP contribution < -0.4 is 10.6 Å². The summed E-state index contributed by atoms with van der Waals surface area (Å²) in [6.07, 6.45) is 0. The maximum Gasteiger partial charge on any atom is 0.277 e. The van der Waals surface area contributed by atoms with Crippen LogP contribution in [-0.4, -0.2) is 17.9 Å². The second kappa shape index (κ2) is 4.78. The van der Waals surface area contributed by atoms with Gasteiger partial charge in [0, 0.05) is 18.1 Å². The van der Waals surface area contributed by atoms with E-state index in [1.807, 2.05) is 26.0 Å². The number of thiazole rings is 1. The van der Waals surface area contributed by atoms with E-state index in [-0.39, 0.29) is 5.91 Å². The number of hydrogen-bond acceptors (Lipinski definition) is 4. The van der Waals surface area contributed by atoms with Crippen LogP contribution in [0, 0.1) is 13.8 Å². The first-order valence-corrected chi connectivity index (χ1v) is 6.43. The van der Waals surface area contributed by atoms with Crippen molar-refractivity contribution in [1.29, 1.82) is 0 Å². The molecule has 0 unspecified atom stereocenters. The molecule has 0 saturated carbocycles. The summed E-state index contributed by atoms with van der Waals surface area (Å²) in [6, 6.07) is 5.98. The molecule has 0 bridgehead atoms. The molecule has 2 aromatic rings. The summed E-state index contributed by atoms with van der Waals surface area (Å²) in [5.41, 5.74) is 9.06. The van der Waals surface area contributed by atoms with Gasteiger partial charge >= 0.3 is 0 Å². The van der Waals surface area contributed by atoms with Gasteiger partial charge in [-0.3, -0.25) is 4.79 Å². The zero-order chi connectivity index (χ0) is 13.3. The lowest BCUT2D eigenvalue weighted by molar-refractivity contribution is 0.0989. The Morgan fingerprint density at radius 2 is 2.11 bits per heavy atom. The third kappa shape index (κ3) is 2.36. The SMILES string of the molecule is Cc1ccc(N(C)C(=O)c2csc(N)n2)c(C)c1. The summed E-state index contributed by atoms with van der Waals surface area (Å²) < 4.78 is 0. The number of aryl methyl sites for hydroxylation is 2. The third-order valence-electron chi connectivity index (χ3n) is 2.76. The molecule has 0 aliphatic carbocycles. The van der Waals surface area contributed by atoms with Gasteiger partial charge in [-0.25, -0.2) is 4.98 Å². The Hall–Kier alpha value is -1.88. The van der Waals surface area contributed by atoms with Crippen molar-refractivity contribution in [2.45, 2.75) is 13.8 Å². The Bertz CT molecular complexity index is 592. The van der Waals surface area contributed by atoms with E-state index in [0.29, 0.717) is 10.8 Å². The van der Waals surface area contributed by atoms with E-state index >= 15 is 0 Å². The lowest BCUT2D eigenvalue weighted by Gasteiger charge is -2.18. The number of aromatic nitrogens is 1. The van der Waals surface area contributed by atoms with Crippen molar-refractivity contribution >= 4 is 28.1 Å². The second-order valence-electron chi connectivity index (χ2n) is 4.23. The monoisotopic (exact) mass is 261 g/mol. The Kier molecular flexibility index (Phi) is 3.34. The molecule has 0 aliphatic rings. The fraction of sp³-hybridized carbons (Fsp3) is 0.231. The molecule has 1 aromatic carbocycles. The van der Waals surface area contributed by atoms with Crippen molar-refractivity contribution in [1.82, 2.24) is 4.98 Å². The minimum Gasteiger partial charge on any atom is -0.375 e. The van der Waals surface area contributed by atoms with E-state index in [4.69, 9.17) is 5.73 Å². The minimum atomic E-state index is -0.144. The number of nitrogens with zero attached hydrogens (tertiary/aromatic N) is 2. The van der Waals surface area contributed by atoms with Crippen LogP contribution in [0.3, 0.4) is 0 Å². The zero-order valence-corrected chi connectivity index (χ0v) is 11.4. The van der Waals surface area contributed by atoms with Gasteiger partial charge in [0.05, 0.1) is 0 Å². The summed E-state index contributed by atoms with van der Waals surface area (Å²) in [6.45, 7) is 4.02. The standard InChI is InChI=1S/C13H15N3OS/c1-8-4-5-11(9(2)6-8)16(3)12(17)10-7-18-13(14)15-10/h4-7H,1-3H3,(H2,14,15). The van der Waals surface area contributed by atoms with Crippen LogP contribution in [0.1, 0.15) is 21.6 Å². The first-order valence-electron chi connectivity index (χ1n) is 5.55. The molecule has 0 fully saturated rings. The molecular weight excluding hydrogens is 246 g/mol. The Labute approximate surface area is 110 Å². The Morgan fingerprint density at radius 3 is 2.67 bits per heavy atom. The fourth-order valence-electron chi connectivity index (χ4n) is 1.85. The smallest absolute Gasteiger partial charge is 0.277 e. The number of carbonyl (C=O) groups is 1. The van der Waals surface area contributed by atoms with E-state index in [0.717, 1.165) is 11.3 Å². The fourth-order valence-corrected chi connectivity index (χ4v) is 2.39. The summed E-state index contributed by atoms with van der Waals surface area (Å²) in [7, 11) is 1.75. The van der Waals surface area contributed by atoms with Gasteiger partial charge < -0.3 is 10.6 Å². The number of carbonyl (C=O) groups excluding carboxylic acids is 1. The Balaban J connectivity index is 2.31. The molecule has 2 N–H and O–H groups in total. The highest BCUT2D eigenvalue weighted by Gasteiger charge is 2.17. The van der Waals surface area contributed by atoms with Crippen LogP contribution in [0.5, 0.6) is 0 Å². The number of benzene rings is 1. The highest BCUT2D eigenvalue weighted by Crippen LogP contribution is 2.22. The van der Waals surface area contributed by atoms with Gasteiger partial charge in [0.25, 0.3) is 5.91 Å². The van der Waals surface area contributed by atoms with Gasteiger partial charge in [-0.1, -0.05) is 17.7 Å². The predicted molar refractivity (Wildman–Crippen MR) is 75.2 cm³/mol. The number of nitrogen functional groups attached to an aromatic ring is 1. The first-order chi connectivity index (χ1) is 8.49. The van der Waals surface area contributed by atoms with Crippen LogP contribution >= 0.6 is 11.3 Å². The summed E-state index contributed by atoms with van der Waals surface area (Å²) in [5.74, 6) is -0.144. The number of anilines is 2. The van der Waals surface area contributed by atoms with E-state index in [2.05, 4.69) is 11.1 Å². The highest BCUT2D eigenvalue weighted by atomic mass is 32.1. The normalized spacial score (nSPS) is 10.4. The number of amides is 1. The maximum absolute atomic E-state index is 12.2. The van der Waals surface area contributed by atoms with Crippen LogP contribution in [0.15, 0.2) is 23.6 Å². The van der Waals surface area contributed by atoms with E-state index in [1.165, 1.54) is 16.9 Å². The van der Waals surface area contributed by atoms with Gasteiger partial charge in [0.15, 0.2) is 5.13 Å². The number of nitrogens with two attached hydrogens (primary N) is 1. The second-order valence-corrected chi connectivity index (χ2v) is 5.11. The van der Waals surface area contributed by atoms with Gasteiger partial charge in [-0.05, 0) is 25.5 Å². The molecule has 1 heterocycles. The number of rotatable bonds is 2. The molecule has 5 heteroatoms. The summed E-state index contributed by atoms with van der Waals surface area (Å²) in [5, 5.41) is 2.09. The van der Waals surface area contributed by atoms with Gasteiger partial charge in [-0.2, -0.15) is 0 Å². The van der Waals surface area contributed by atoms with Crippen LogP contribution in [0.25, 0.3) is 0 Å². The van der Waals surface area contributed by atoms with Crippen molar-refractivity contribution in [2.75, 3.05) is 17.7 Å². The number of hydrogen-bond donors (Lipinski definition) is 1. The van der Waals surface area contributed by atoms with Crippen molar-refractivity contribution < 1.29 is 4.79 Å². The minimum absolute atomic E-state index is 0.144. The van der Waals surface area contributed by atoms with Gasteiger partial charge in [0.1, 0.15) is 5.69 Å². The predicted octanol–water partition coefficient (Wildman–Crippen LogP) is 2.62. The zero-order valence-electron chi connectivity index (χ0n) is 10.6. The van der Waals surface area contributed by atoms with Crippen molar-refractivity contribution in [3.05, 3.63) is 40.4 Å². The lowest BCUT2D eigenvalue weighted by atomic mass is 10.1. The topological polar surface area (TPSA) is 59.2 Å². The molecule has 0 saturated heterocycles. The van der Waals surface area contributed by atoms with Crippen LogP contribution in [0.4, 0.5) is 10.8 Å². The van der Waals surface area contributed by atoms with Crippen molar-refractivity contribution in [2.24, 2.45) is 0 Å².